The van der Waals surface area contributed by atoms with Crippen LogP contribution < -0.4 is 10.1 Å². The van der Waals surface area contributed by atoms with Gasteiger partial charge in [0.15, 0.2) is 12.4 Å². The minimum atomic E-state index is -0.604. The summed E-state index contributed by atoms with van der Waals surface area (Å²) in [5.41, 5.74) is 0. The Bertz CT molecular complexity index is 504. The first kappa shape index (κ1) is 16.4. The van der Waals surface area contributed by atoms with Crippen molar-refractivity contribution in [2.75, 3.05) is 26.4 Å². The average molecular weight is 334 g/mol. The van der Waals surface area contributed by atoms with E-state index < -0.39 is 5.79 Å². The van der Waals surface area contributed by atoms with Crippen LogP contribution in [0.1, 0.15) is 13.3 Å². The van der Waals surface area contributed by atoms with E-state index in [1.54, 1.807) is 18.2 Å². The summed E-state index contributed by atoms with van der Waals surface area (Å²) in [6.07, 6.45) is 0.584. The van der Waals surface area contributed by atoms with Crippen LogP contribution in [0.5, 0.6) is 5.75 Å². The molecular formula is C14H17Cl2NO4. The largest absolute Gasteiger partial charge is 0.482 e. The summed E-state index contributed by atoms with van der Waals surface area (Å²) < 4.78 is 16.2. The van der Waals surface area contributed by atoms with Gasteiger partial charge in [0.25, 0.3) is 5.91 Å². The minimum absolute atomic E-state index is 0.111. The van der Waals surface area contributed by atoms with Crippen molar-refractivity contribution in [2.24, 2.45) is 0 Å². The van der Waals surface area contributed by atoms with Crippen LogP contribution in [-0.4, -0.2) is 38.1 Å². The van der Waals surface area contributed by atoms with Gasteiger partial charge in [0, 0.05) is 18.0 Å². The molecule has 1 aliphatic rings. The Morgan fingerprint density at radius 1 is 1.38 bits per heavy atom. The molecule has 21 heavy (non-hydrogen) atoms. The molecule has 1 aromatic carbocycles. The lowest BCUT2D eigenvalue weighted by atomic mass is 10.2. The Hall–Kier alpha value is -1.01. The molecule has 0 spiro atoms. The molecule has 0 atom stereocenters. The Labute approximate surface area is 133 Å². The summed E-state index contributed by atoms with van der Waals surface area (Å²) in [6.45, 7) is 3.37. The Kier molecular flexibility index (Phi) is 5.70. The second kappa shape index (κ2) is 7.31. The number of hydrogen-bond acceptors (Lipinski definition) is 4. The van der Waals surface area contributed by atoms with Crippen molar-refractivity contribution >= 4 is 29.1 Å². The van der Waals surface area contributed by atoms with E-state index in [-0.39, 0.29) is 12.5 Å². The second-order valence-corrected chi connectivity index (χ2v) is 5.64. The summed E-state index contributed by atoms with van der Waals surface area (Å²) in [5.74, 6) is -0.415. The van der Waals surface area contributed by atoms with Crippen LogP contribution in [0.3, 0.4) is 0 Å². The highest BCUT2D eigenvalue weighted by atomic mass is 35.5. The van der Waals surface area contributed by atoms with E-state index in [0.717, 1.165) is 0 Å². The van der Waals surface area contributed by atoms with Crippen LogP contribution in [0.25, 0.3) is 0 Å². The Balaban J connectivity index is 1.70. The predicted octanol–water partition coefficient (Wildman–Crippen LogP) is 2.64. The lowest BCUT2D eigenvalue weighted by molar-refractivity contribution is -0.146. The van der Waals surface area contributed by atoms with Gasteiger partial charge in [0.2, 0.25) is 0 Å². The summed E-state index contributed by atoms with van der Waals surface area (Å²) in [6, 6.07) is 4.83. The molecule has 1 amide bonds. The van der Waals surface area contributed by atoms with Gasteiger partial charge < -0.3 is 19.5 Å². The maximum absolute atomic E-state index is 11.7. The maximum Gasteiger partial charge on any atom is 0.257 e. The zero-order chi connectivity index (χ0) is 15.3. The van der Waals surface area contributed by atoms with Gasteiger partial charge in [-0.1, -0.05) is 23.2 Å². The van der Waals surface area contributed by atoms with Crippen molar-refractivity contribution in [3.63, 3.8) is 0 Å². The number of carbonyl (C=O) groups is 1. The molecule has 0 saturated carbocycles. The quantitative estimate of drug-likeness (QED) is 0.869. The molecule has 0 bridgehead atoms. The fraction of sp³-hybridized carbons (Fsp3) is 0.500. The third-order valence-electron chi connectivity index (χ3n) is 3.05. The van der Waals surface area contributed by atoms with Crippen LogP contribution >= 0.6 is 23.2 Å². The lowest BCUT2D eigenvalue weighted by Crippen LogP contribution is -2.35. The van der Waals surface area contributed by atoms with Crippen molar-refractivity contribution < 1.29 is 19.0 Å². The number of halogens is 2. The predicted molar refractivity (Wildman–Crippen MR) is 79.9 cm³/mol. The van der Waals surface area contributed by atoms with Gasteiger partial charge in [-0.15, -0.1) is 0 Å². The highest BCUT2D eigenvalue weighted by molar-refractivity contribution is 6.35. The molecule has 0 aromatic heterocycles. The number of benzene rings is 1. The number of amides is 1. The number of nitrogens with one attached hydrogen (secondary N) is 1. The van der Waals surface area contributed by atoms with E-state index >= 15 is 0 Å². The van der Waals surface area contributed by atoms with Crippen LogP contribution in [0.15, 0.2) is 18.2 Å². The highest BCUT2D eigenvalue weighted by Gasteiger charge is 2.30. The van der Waals surface area contributed by atoms with Crippen LogP contribution in [0.4, 0.5) is 0 Å². The van der Waals surface area contributed by atoms with Gasteiger partial charge in [-0.2, -0.15) is 0 Å². The SMILES string of the molecule is CC1(CCNC(=O)COc2ccc(Cl)cc2Cl)OCCO1. The van der Waals surface area contributed by atoms with E-state index in [9.17, 15) is 4.79 Å². The number of hydrogen-bond donors (Lipinski definition) is 1. The highest BCUT2D eigenvalue weighted by Crippen LogP contribution is 2.27. The van der Waals surface area contributed by atoms with Crippen molar-refractivity contribution in [2.45, 2.75) is 19.1 Å². The summed E-state index contributed by atoms with van der Waals surface area (Å²) in [7, 11) is 0. The Morgan fingerprint density at radius 2 is 2.10 bits per heavy atom. The van der Waals surface area contributed by atoms with E-state index in [4.69, 9.17) is 37.4 Å². The molecule has 5 nitrogen and oxygen atoms in total. The van der Waals surface area contributed by atoms with Gasteiger partial charge in [-0.05, 0) is 25.1 Å². The van der Waals surface area contributed by atoms with Gasteiger partial charge in [0.05, 0.1) is 18.2 Å². The van der Waals surface area contributed by atoms with Crippen LogP contribution in [0.2, 0.25) is 10.0 Å². The fourth-order valence-corrected chi connectivity index (χ4v) is 2.38. The van der Waals surface area contributed by atoms with Crippen molar-refractivity contribution in [3.8, 4) is 5.75 Å². The van der Waals surface area contributed by atoms with E-state index in [0.29, 0.717) is 42.0 Å². The zero-order valence-electron chi connectivity index (χ0n) is 11.7. The third kappa shape index (κ3) is 5.04. The maximum atomic E-state index is 11.7. The molecule has 7 heteroatoms. The number of ether oxygens (including phenoxy) is 3. The minimum Gasteiger partial charge on any atom is -0.482 e. The average Bonchev–Trinajstić information content (AvgIpc) is 2.85. The second-order valence-electron chi connectivity index (χ2n) is 4.79. The van der Waals surface area contributed by atoms with Crippen LogP contribution in [-0.2, 0) is 14.3 Å². The van der Waals surface area contributed by atoms with Crippen molar-refractivity contribution in [1.29, 1.82) is 0 Å². The van der Waals surface area contributed by atoms with Crippen molar-refractivity contribution in [3.05, 3.63) is 28.2 Å². The van der Waals surface area contributed by atoms with Gasteiger partial charge in [-0.25, -0.2) is 0 Å². The third-order valence-corrected chi connectivity index (χ3v) is 3.58. The molecule has 1 fully saturated rings. The molecule has 1 aromatic rings. The molecule has 116 valence electrons. The van der Waals surface area contributed by atoms with E-state index in [1.165, 1.54) is 0 Å². The van der Waals surface area contributed by atoms with E-state index in [2.05, 4.69) is 5.32 Å². The lowest BCUT2D eigenvalue weighted by Gasteiger charge is -2.22. The summed E-state index contributed by atoms with van der Waals surface area (Å²) in [5, 5.41) is 3.63. The smallest absolute Gasteiger partial charge is 0.257 e. The normalized spacial score (nSPS) is 16.7. The first-order chi connectivity index (χ1) is 9.98. The molecule has 0 aliphatic carbocycles. The van der Waals surface area contributed by atoms with Gasteiger partial charge in [-0.3, -0.25) is 4.79 Å². The molecule has 1 heterocycles. The summed E-state index contributed by atoms with van der Waals surface area (Å²) >= 11 is 11.7. The van der Waals surface area contributed by atoms with E-state index in [1.807, 2.05) is 6.92 Å². The molecule has 1 saturated heterocycles. The molecule has 1 aliphatic heterocycles. The molecule has 0 radical (unpaired) electrons. The Morgan fingerprint density at radius 3 is 2.76 bits per heavy atom. The van der Waals surface area contributed by atoms with Crippen molar-refractivity contribution in [1.82, 2.24) is 5.32 Å². The first-order valence-electron chi connectivity index (χ1n) is 6.61. The van der Waals surface area contributed by atoms with Gasteiger partial charge >= 0.3 is 0 Å². The molecule has 2 rings (SSSR count). The molecular weight excluding hydrogens is 317 g/mol. The number of carbonyl (C=O) groups excluding carboxylic acids is 1. The molecule has 0 unspecified atom stereocenters. The van der Waals surface area contributed by atoms with Gasteiger partial charge in [0.1, 0.15) is 5.75 Å². The zero-order valence-corrected chi connectivity index (χ0v) is 13.2. The standard InChI is InChI=1S/C14H17Cl2NO4/c1-14(20-6-7-21-14)4-5-17-13(18)9-19-12-3-2-10(15)8-11(12)16/h2-3,8H,4-7,9H2,1H3,(H,17,18). The number of rotatable bonds is 6. The monoisotopic (exact) mass is 333 g/mol. The summed E-state index contributed by atoms with van der Waals surface area (Å²) in [4.78, 5) is 11.7. The molecule has 1 N–H and O–H groups in total. The fourth-order valence-electron chi connectivity index (χ4n) is 1.92. The topological polar surface area (TPSA) is 56.8 Å². The first-order valence-corrected chi connectivity index (χ1v) is 7.37. The van der Waals surface area contributed by atoms with Crippen LogP contribution in [0, 0.1) is 0 Å².